The summed E-state index contributed by atoms with van der Waals surface area (Å²) in [6.45, 7) is 2.05. The van der Waals surface area contributed by atoms with E-state index in [2.05, 4.69) is 23.1 Å². The van der Waals surface area contributed by atoms with Crippen molar-refractivity contribution in [1.82, 2.24) is 9.97 Å². The number of rotatable bonds is 1. The van der Waals surface area contributed by atoms with Crippen molar-refractivity contribution in [3.8, 4) is 0 Å². The van der Waals surface area contributed by atoms with Crippen LogP contribution in [-0.4, -0.2) is 9.97 Å². The monoisotopic (exact) mass is 294 g/mol. The summed E-state index contributed by atoms with van der Waals surface area (Å²) < 4.78 is 0. The summed E-state index contributed by atoms with van der Waals surface area (Å²) in [4.78, 5) is 7.53. The first kappa shape index (κ1) is 8.74. The average molecular weight is 293 g/mol. The van der Waals surface area contributed by atoms with Crippen LogP contribution in [0, 0.1) is 6.20 Å². The summed E-state index contributed by atoms with van der Waals surface area (Å²) in [5, 5.41) is 0. The molecular weight excluding hydrogens is 286 g/mol. The van der Waals surface area contributed by atoms with Gasteiger partial charge in [0, 0.05) is 20.4 Å². The molecule has 1 rings (SSSR count). The van der Waals surface area contributed by atoms with Gasteiger partial charge in [-0.2, -0.15) is 0 Å². The summed E-state index contributed by atoms with van der Waals surface area (Å²) in [5.74, 6) is 0. The SMILES string of the molecule is CCc1[c-]ncnc1.[Re]. The molecule has 0 aliphatic carbocycles. The normalized spacial score (nSPS) is 8.11. The number of hydrogen-bond acceptors (Lipinski definition) is 2. The predicted octanol–water partition coefficient (Wildman–Crippen LogP) is 0.837. The van der Waals surface area contributed by atoms with E-state index in [1.54, 1.807) is 6.20 Å². The zero-order valence-electron chi connectivity index (χ0n) is 5.13. The van der Waals surface area contributed by atoms with Crippen molar-refractivity contribution in [2.75, 3.05) is 0 Å². The second kappa shape index (κ2) is 4.61. The van der Waals surface area contributed by atoms with Crippen LogP contribution in [0.4, 0.5) is 0 Å². The van der Waals surface area contributed by atoms with Gasteiger partial charge in [0.1, 0.15) is 0 Å². The first-order valence-corrected chi connectivity index (χ1v) is 2.60. The fraction of sp³-hybridized carbons (Fsp3) is 0.333. The van der Waals surface area contributed by atoms with Crippen LogP contribution >= 0.6 is 0 Å². The van der Waals surface area contributed by atoms with Crippen LogP contribution in [0.2, 0.25) is 0 Å². The van der Waals surface area contributed by atoms with Crippen LogP contribution < -0.4 is 0 Å². The van der Waals surface area contributed by atoms with E-state index < -0.39 is 0 Å². The summed E-state index contributed by atoms with van der Waals surface area (Å²) in [7, 11) is 0. The van der Waals surface area contributed by atoms with Gasteiger partial charge in [-0.15, -0.1) is 5.56 Å². The fourth-order valence-electron chi connectivity index (χ4n) is 0.468. The van der Waals surface area contributed by atoms with E-state index in [4.69, 9.17) is 0 Å². The molecule has 0 amide bonds. The molecule has 0 N–H and O–H groups in total. The summed E-state index contributed by atoms with van der Waals surface area (Å²) in [5.41, 5.74) is 1.06. The number of hydrogen-bond donors (Lipinski definition) is 0. The third-order valence-corrected chi connectivity index (χ3v) is 0.944. The minimum atomic E-state index is 0. The second-order valence-electron chi connectivity index (χ2n) is 1.51. The van der Waals surface area contributed by atoms with E-state index >= 15 is 0 Å². The van der Waals surface area contributed by atoms with E-state index in [-0.39, 0.29) is 20.4 Å². The van der Waals surface area contributed by atoms with Crippen LogP contribution in [0.15, 0.2) is 12.5 Å². The molecule has 0 spiro atoms. The number of aryl methyl sites for hydroxylation is 1. The molecule has 1 aromatic rings. The minimum Gasteiger partial charge on any atom is -0.376 e. The largest absolute Gasteiger partial charge is 0.376 e. The molecule has 3 heteroatoms. The van der Waals surface area contributed by atoms with Gasteiger partial charge in [-0.1, -0.05) is 25.7 Å². The molecule has 0 aliphatic rings. The van der Waals surface area contributed by atoms with Crippen LogP contribution in [0.5, 0.6) is 0 Å². The molecule has 0 fully saturated rings. The van der Waals surface area contributed by atoms with E-state index in [0.717, 1.165) is 12.0 Å². The van der Waals surface area contributed by atoms with E-state index in [1.807, 2.05) is 0 Å². The molecule has 9 heavy (non-hydrogen) atoms. The molecule has 0 aliphatic heterocycles. The molecule has 0 saturated carbocycles. The standard InChI is InChI=1S/C6H7N2.Re/c1-2-6-3-7-5-8-4-6;/h3,5H,2H2,1H3;/q-1;. The molecule has 2 nitrogen and oxygen atoms in total. The Morgan fingerprint density at radius 2 is 2.44 bits per heavy atom. The maximum Gasteiger partial charge on any atom is 0 e. The molecule has 0 atom stereocenters. The zero-order valence-corrected chi connectivity index (χ0v) is 7.85. The molecule has 0 unspecified atom stereocenters. The first-order valence-electron chi connectivity index (χ1n) is 2.60. The van der Waals surface area contributed by atoms with Crippen molar-refractivity contribution >= 4 is 0 Å². The number of nitrogens with zero attached hydrogens (tertiary/aromatic N) is 2. The van der Waals surface area contributed by atoms with Gasteiger partial charge >= 0.3 is 0 Å². The number of aromatic nitrogens is 2. The Morgan fingerprint density at radius 1 is 1.67 bits per heavy atom. The maximum atomic E-state index is 3.81. The van der Waals surface area contributed by atoms with E-state index in [0.29, 0.717) is 0 Å². The molecule has 0 saturated heterocycles. The van der Waals surface area contributed by atoms with Crippen molar-refractivity contribution in [1.29, 1.82) is 0 Å². The summed E-state index contributed by atoms with van der Waals surface area (Å²) in [6, 6.07) is 0. The van der Waals surface area contributed by atoms with Crippen LogP contribution in [0.1, 0.15) is 12.5 Å². The van der Waals surface area contributed by atoms with Gasteiger partial charge in [-0.05, 0) is 6.33 Å². The van der Waals surface area contributed by atoms with Gasteiger partial charge in [-0.25, -0.2) is 0 Å². The third-order valence-electron chi connectivity index (χ3n) is 0.944. The Bertz CT molecular complexity index is 152. The van der Waals surface area contributed by atoms with Crippen LogP contribution in [0.3, 0.4) is 0 Å². The molecule has 1 radical (unpaired) electrons. The molecule has 0 bridgehead atoms. The molecular formula is C6H7N2Re-. The van der Waals surface area contributed by atoms with Gasteiger partial charge < -0.3 is 9.97 Å². The molecule has 0 aromatic carbocycles. The average Bonchev–Trinajstić information content (AvgIpc) is 1.90. The van der Waals surface area contributed by atoms with Crippen molar-refractivity contribution < 1.29 is 20.4 Å². The quantitative estimate of drug-likeness (QED) is 0.717. The summed E-state index contributed by atoms with van der Waals surface area (Å²) >= 11 is 0. The second-order valence-corrected chi connectivity index (χ2v) is 1.51. The predicted molar refractivity (Wildman–Crippen MR) is 30.2 cm³/mol. The van der Waals surface area contributed by atoms with Crippen molar-refractivity contribution in [2.45, 2.75) is 13.3 Å². The topological polar surface area (TPSA) is 25.8 Å². The Kier molecular flexibility index (Phi) is 4.47. The molecule has 1 heterocycles. The van der Waals surface area contributed by atoms with Gasteiger partial charge in [0.05, 0.1) is 0 Å². The first-order chi connectivity index (χ1) is 3.93. The van der Waals surface area contributed by atoms with E-state index in [1.165, 1.54) is 6.33 Å². The van der Waals surface area contributed by atoms with Crippen molar-refractivity contribution in [3.63, 3.8) is 0 Å². The third kappa shape index (κ3) is 2.69. The Hall–Kier alpha value is -0.258. The fourth-order valence-corrected chi connectivity index (χ4v) is 0.468. The van der Waals surface area contributed by atoms with Gasteiger partial charge in [0.2, 0.25) is 0 Å². The molecule has 1 aromatic heterocycles. The minimum absolute atomic E-state index is 0. The van der Waals surface area contributed by atoms with E-state index in [9.17, 15) is 0 Å². The smallest absolute Gasteiger partial charge is 0 e. The van der Waals surface area contributed by atoms with Crippen molar-refractivity contribution in [2.24, 2.45) is 0 Å². The Balaban J connectivity index is 0.000000640. The van der Waals surface area contributed by atoms with Gasteiger partial charge in [0.15, 0.2) is 0 Å². The van der Waals surface area contributed by atoms with Gasteiger partial charge in [-0.3, -0.25) is 0 Å². The van der Waals surface area contributed by atoms with Gasteiger partial charge in [0.25, 0.3) is 0 Å². The zero-order chi connectivity index (χ0) is 5.82. The molecule has 49 valence electrons. The Morgan fingerprint density at radius 3 is 2.78 bits per heavy atom. The Labute approximate surface area is 68.4 Å². The van der Waals surface area contributed by atoms with Crippen molar-refractivity contribution in [3.05, 3.63) is 24.3 Å². The maximum absolute atomic E-state index is 3.81. The summed E-state index contributed by atoms with van der Waals surface area (Å²) in [6.07, 6.45) is 7.02. The van der Waals surface area contributed by atoms with Crippen LogP contribution in [-0.2, 0) is 26.8 Å². The van der Waals surface area contributed by atoms with Crippen LogP contribution in [0.25, 0.3) is 0 Å².